The maximum Gasteiger partial charge on any atom is 0.119 e. The van der Waals surface area contributed by atoms with Crippen LogP contribution in [0.1, 0.15) is 22.6 Å². The second-order valence-electron chi connectivity index (χ2n) is 8.15. The van der Waals surface area contributed by atoms with E-state index in [9.17, 15) is 5.26 Å². The first kappa shape index (κ1) is 20.8. The molecule has 2 aromatic heterocycles. The van der Waals surface area contributed by atoms with Gasteiger partial charge in [-0.15, -0.1) is 0 Å². The lowest BCUT2D eigenvalue weighted by atomic mass is 9.75. The number of rotatable bonds is 4. The zero-order valence-corrected chi connectivity index (χ0v) is 18.1. The summed E-state index contributed by atoms with van der Waals surface area (Å²) in [5, 5.41) is 19.2. The molecule has 2 aliphatic rings. The summed E-state index contributed by atoms with van der Waals surface area (Å²) in [5.74, 6) is -0.609. The van der Waals surface area contributed by atoms with Crippen molar-refractivity contribution in [2.75, 3.05) is 13.2 Å². The third-order valence-electron chi connectivity index (χ3n) is 6.08. The fourth-order valence-corrected chi connectivity index (χ4v) is 4.64. The van der Waals surface area contributed by atoms with Gasteiger partial charge >= 0.3 is 0 Å². The molecule has 162 valence electrons. The van der Waals surface area contributed by atoms with E-state index < -0.39 is 5.92 Å². The van der Waals surface area contributed by atoms with E-state index in [1.807, 2.05) is 65.7 Å². The number of hydrogen-bond donors (Lipinski definition) is 1. The van der Waals surface area contributed by atoms with Crippen molar-refractivity contribution in [3.63, 3.8) is 0 Å². The molecule has 0 radical (unpaired) electrons. The molecule has 0 spiro atoms. The first-order valence-corrected chi connectivity index (χ1v) is 10.9. The summed E-state index contributed by atoms with van der Waals surface area (Å²) in [7, 11) is 0. The Labute approximate surface area is 193 Å². The van der Waals surface area contributed by atoms with Crippen molar-refractivity contribution in [3.8, 4) is 6.07 Å². The molecular weight excluding hydrogens is 410 g/mol. The molecule has 2 aliphatic heterocycles. The van der Waals surface area contributed by atoms with Crippen molar-refractivity contribution in [1.29, 1.82) is 10.7 Å². The predicted molar refractivity (Wildman–Crippen MR) is 126 cm³/mol. The molecule has 2 unspecified atom stereocenters. The molecule has 6 nitrogen and oxygen atoms in total. The quantitative estimate of drug-likeness (QED) is 0.652. The molecule has 1 N–H and O–H groups in total. The fourth-order valence-electron chi connectivity index (χ4n) is 4.64. The second kappa shape index (κ2) is 9.19. The smallest absolute Gasteiger partial charge is 0.119 e. The number of aromatic nitrogens is 2. The van der Waals surface area contributed by atoms with Crippen LogP contribution >= 0.6 is 0 Å². The number of nitriles is 1. The van der Waals surface area contributed by atoms with Gasteiger partial charge in [-0.3, -0.25) is 15.4 Å². The minimum absolute atomic E-state index is 0.282. The number of amidine groups is 1. The van der Waals surface area contributed by atoms with Crippen LogP contribution in [0.5, 0.6) is 0 Å². The van der Waals surface area contributed by atoms with Crippen LogP contribution in [0.15, 0.2) is 96.2 Å². The van der Waals surface area contributed by atoms with E-state index in [0.717, 1.165) is 33.5 Å². The number of benzene rings is 1. The van der Waals surface area contributed by atoms with Gasteiger partial charge < -0.3 is 9.64 Å². The number of ether oxygens (including phenoxy) is 1. The normalized spacial score (nSPS) is 21.6. The molecule has 4 heterocycles. The van der Waals surface area contributed by atoms with Crippen LogP contribution in [-0.4, -0.2) is 33.9 Å². The molecule has 5 rings (SSSR count). The average molecular weight is 434 g/mol. The minimum Gasteiger partial charge on any atom is -0.372 e. The zero-order chi connectivity index (χ0) is 22.6. The topological polar surface area (TPSA) is 85.9 Å². The summed E-state index contributed by atoms with van der Waals surface area (Å²) < 4.78 is 6.03. The molecule has 0 saturated carbocycles. The molecule has 0 amide bonds. The molecule has 2 atom stereocenters. The van der Waals surface area contributed by atoms with Gasteiger partial charge in [0, 0.05) is 42.8 Å². The van der Waals surface area contributed by atoms with Gasteiger partial charge in [0.1, 0.15) is 11.8 Å². The van der Waals surface area contributed by atoms with Gasteiger partial charge in [0.25, 0.3) is 0 Å². The Morgan fingerprint density at radius 1 is 1.03 bits per heavy atom. The van der Waals surface area contributed by atoms with E-state index in [2.05, 4.69) is 22.1 Å². The third kappa shape index (κ3) is 4.07. The fraction of sp³-hybridized carbons (Fsp3) is 0.185. The summed E-state index contributed by atoms with van der Waals surface area (Å²) in [6.45, 7) is 1.36. The van der Waals surface area contributed by atoms with Gasteiger partial charge in [0.05, 0.1) is 25.0 Å². The molecule has 1 aromatic carbocycles. The van der Waals surface area contributed by atoms with Gasteiger partial charge in [-0.05, 0) is 40.5 Å². The maximum atomic E-state index is 10.1. The summed E-state index contributed by atoms with van der Waals surface area (Å²) in [4.78, 5) is 10.5. The number of nitrogens with one attached hydrogen (secondary N) is 1. The molecule has 0 bridgehead atoms. The highest BCUT2D eigenvalue weighted by molar-refractivity contribution is 5.90. The SMILES string of the molecule is N#CC1C(=N)N(Cc2ccccc2)C2=C(COCC2=Cc2cccnc2)C1c1cccnc1. The highest BCUT2D eigenvalue weighted by atomic mass is 16.5. The van der Waals surface area contributed by atoms with E-state index >= 15 is 0 Å². The summed E-state index contributed by atoms with van der Waals surface area (Å²) in [5.41, 5.74) is 5.94. The predicted octanol–water partition coefficient (Wildman–Crippen LogP) is 4.56. The summed E-state index contributed by atoms with van der Waals surface area (Å²) in [6.07, 6.45) is 9.14. The molecule has 3 aromatic rings. The van der Waals surface area contributed by atoms with E-state index in [0.29, 0.717) is 25.6 Å². The Hall–Kier alpha value is -4.08. The zero-order valence-electron chi connectivity index (χ0n) is 18.1. The second-order valence-corrected chi connectivity index (χ2v) is 8.15. The molecule has 0 aliphatic carbocycles. The van der Waals surface area contributed by atoms with Crippen LogP contribution in [0.4, 0.5) is 0 Å². The van der Waals surface area contributed by atoms with E-state index in [-0.39, 0.29) is 5.92 Å². The van der Waals surface area contributed by atoms with E-state index in [1.165, 1.54) is 0 Å². The van der Waals surface area contributed by atoms with Gasteiger partial charge in [-0.1, -0.05) is 42.5 Å². The van der Waals surface area contributed by atoms with Crippen LogP contribution in [0.25, 0.3) is 6.08 Å². The Morgan fingerprint density at radius 2 is 1.82 bits per heavy atom. The minimum atomic E-state index is -0.627. The van der Waals surface area contributed by atoms with Crippen LogP contribution in [0.2, 0.25) is 0 Å². The van der Waals surface area contributed by atoms with Crippen molar-refractivity contribution >= 4 is 11.9 Å². The van der Waals surface area contributed by atoms with Crippen LogP contribution in [0, 0.1) is 22.7 Å². The van der Waals surface area contributed by atoms with E-state index in [1.54, 1.807) is 18.6 Å². The van der Waals surface area contributed by atoms with E-state index in [4.69, 9.17) is 10.1 Å². The first-order valence-electron chi connectivity index (χ1n) is 10.9. The van der Waals surface area contributed by atoms with Crippen LogP contribution in [-0.2, 0) is 11.3 Å². The number of pyridine rings is 2. The van der Waals surface area contributed by atoms with Crippen molar-refractivity contribution in [1.82, 2.24) is 14.9 Å². The lowest BCUT2D eigenvalue weighted by Crippen LogP contribution is -2.45. The average Bonchev–Trinajstić information content (AvgIpc) is 2.87. The molecular formula is C27H23N5O. The monoisotopic (exact) mass is 433 g/mol. The summed E-state index contributed by atoms with van der Waals surface area (Å²) in [6, 6.07) is 20.2. The standard InChI is InChI=1S/C27H23N5O/c28-13-23-25(21-9-5-11-31-15-21)24-18-33-17-22(12-20-8-4-10-30-14-20)26(24)32(27(23)29)16-19-6-2-1-3-7-19/h1-12,14-15,23,25,29H,16-18H2. The molecule has 6 heteroatoms. The first-order chi connectivity index (χ1) is 16.3. The lowest BCUT2D eigenvalue weighted by molar-refractivity contribution is 0.156. The van der Waals surface area contributed by atoms with Gasteiger partial charge in [0.2, 0.25) is 0 Å². The highest BCUT2D eigenvalue weighted by Gasteiger charge is 2.43. The Kier molecular flexibility index (Phi) is 5.79. The maximum absolute atomic E-state index is 10.1. The molecule has 33 heavy (non-hydrogen) atoms. The summed E-state index contributed by atoms with van der Waals surface area (Å²) >= 11 is 0. The van der Waals surface area contributed by atoms with Crippen LogP contribution < -0.4 is 0 Å². The number of nitrogens with zero attached hydrogens (tertiary/aromatic N) is 4. The largest absolute Gasteiger partial charge is 0.372 e. The van der Waals surface area contributed by atoms with Gasteiger partial charge in [-0.25, -0.2) is 0 Å². The van der Waals surface area contributed by atoms with Crippen LogP contribution in [0.3, 0.4) is 0 Å². The van der Waals surface area contributed by atoms with Gasteiger partial charge in [-0.2, -0.15) is 5.26 Å². The van der Waals surface area contributed by atoms with Crippen molar-refractivity contribution in [2.45, 2.75) is 12.5 Å². The lowest BCUT2D eigenvalue weighted by Gasteiger charge is -2.43. The Balaban J connectivity index is 1.70. The highest BCUT2D eigenvalue weighted by Crippen LogP contribution is 2.44. The van der Waals surface area contributed by atoms with Gasteiger partial charge in [0.15, 0.2) is 0 Å². The van der Waals surface area contributed by atoms with Crippen molar-refractivity contribution in [2.24, 2.45) is 5.92 Å². The number of hydrogen-bond acceptors (Lipinski definition) is 5. The Morgan fingerprint density at radius 3 is 2.52 bits per heavy atom. The third-order valence-corrected chi connectivity index (χ3v) is 6.08. The molecule has 0 saturated heterocycles. The Bertz CT molecular complexity index is 1250. The molecule has 0 fully saturated rings. The van der Waals surface area contributed by atoms with Crippen molar-refractivity contribution in [3.05, 3.63) is 113 Å². The van der Waals surface area contributed by atoms with Crippen molar-refractivity contribution < 1.29 is 4.74 Å².